The number of imidazole rings is 1. The quantitative estimate of drug-likeness (QED) is 0.326. The second-order valence-electron chi connectivity index (χ2n) is 8.45. The summed E-state index contributed by atoms with van der Waals surface area (Å²) in [5.74, 6) is 1.43. The Morgan fingerprint density at radius 1 is 1.31 bits per heavy atom. The lowest BCUT2D eigenvalue weighted by Crippen LogP contribution is -2.48. The van der Waals surface area contributed by atoms with Crippen molar-refractivity contribution < 1.29 is 8.42 Å². The van der Waals surface area contributed by atoms with Crippen LogP contribution in [0.25, 0.3) is 0 Å². The molecular formula is C22H35IN6O2S. The fraction of sp³-hybridized carbons (Fsp3) is 0.545. The maximum atomic E-state index is 12.6. The standard InChI is InChI=1S/C22H34N6O2S.HI/c1-17(2)26(5)31(29,30)20-8-6-19(7-9-20)14-25-22(23-4)27-12-10-18(3)21(15-27)28-13-11-24-16-28;/h6-9,11,13,16-18,21H,10,12,14-15H2,1-5H3,(H,23,25);1H. The molecule has 0 amide bonds. The van der Waals surface area contributed by atoms with Gasteiger partial charge < -0.3 is 14.8 Å². The van der Waals surface area contributed by atoms with Gasteiger partial charge in [-0.05, 0) is 43.9 Å². The van der Waals surface area contributed by atoms with Crippen LogP contribution in [0.4, 0.5) is 0 Å². The predicted octanol–water partition coefficient (Wildman–Crippen LogP) is 3.19. The predicted molar refractivity (Wildman–Crippen MR) is 139 cm³/mol. The van der Waals surface area contributed by atoms with E-state index in [1.165, 1.54) is 4.31 Å². The minimum absolute atomic E-state index is 0. The number of aromatic nitrogens is 2. The van der Waals surface area contributed by atoms with Gasteiger partial charge in [-0.2, -0.15) is 4.31 Å². The van der Waals surface area contributed by atoms with Gasteiger partial charge in [-0.15, -0.1) is 24.0 Å². The van der Waals surface area contributed by atoms with E-state index in [1.807, 2.05) is 44.7 Å². The van der Waals surface area contributed by atoms with E-state index in [9.17, 15) is 8.42 Å². The zero-order valence-electron chi connectivity index (χ0n) is 19.5. The van der Waals surface area contributed by atoms with E-state index < -0.39 is 10.0 Å². The van der Waals surface area contributed by atoms with E-state index >= 15 is 0 Å². The number of rotatable bonds is 6. The number of nitrogens with one attached hydrogen (secondary N) is 1. The van der Waals surface area contributed by atoms with Gasteiger partial charge >= 0.3 is 0 Å². The number of benzene rings is 1. The highest BCUT2D eigenvalue weighted by molar-refractivity contribution is 14.0. The van der Waals surface area contributed by atoms with Crippen LogP contribution in [0, 0.1) is 5.92 Å². The highest BCUT2D eigenvalue weighted by Gasteiger charge is 2.29. The highest BCUT2D eigenvalue weighted by Crippen LogP contribution is 2.27. The molecule has 10 heteroatoms. The van der Waals surface area contributed by atoms with Gasteiger partial charge in [-0.1, -0.05) is 19.1 Å². The van der Waals surface area contributed by atoms with Crippen LogP contribution in [0.5, 0.6) is 0 Å². The molecule has 0 bridgehead atoms. The molecule has 8 nitrogen and oxygen atoms in total. The Bertz CT molecular complexity index is 976. The first-order chi connectivity index (χ1) is 14.7. The molecule has 2 unspecified atom stereocenters. The number of halogens is 1. The molecule has 2 aromatic rings. The highest BCUT2D eigenvalue weighted by atomic mass is 127. The third kappa shape index (κ3) is 6.02. The molecule has 1 fully saturated rings. The van der Waals surface area contributed by atoms with Crippen LogP contribution in [0.1, 0.15) is 38.8 Å². The Hall–Kier alpha value is -1.66. The van der Waals surface area contributed by atoms with Gasteiger partial charge in [0.15, 0.2) is 5.96 Å². The van der Waals surface area contributed by atoms with E-state index in [2.05, 4.69) is 31.7 Å². The molecule has 2 atom stereocenters. The van der Waals surface area contributed by atoms with Crippen LogP contribution in [-0.4, -0.2) is 66.4 Å². The van der Waals surface area contributed by atoms with Crippen molar-refractivity contribution in [3.63, 3.8) is 0 Å². The number of aliphatic imine (C=N–C) groups is 1. The zero-order valence-corrected chi connectivity index (χ0v) is 22.6. The third-order valence-corrected chi connectivity index (χ3v) is 8.16. The van der Waals surface area contributed by atoms with E-state index in [0.717, 1.165) is 31.0 Å². The largest absolute Gasteiger partial charge is 0.352 e. The van der Waals surface area contributed by atoms with Gasteiger partial charge in [-0.3, -0.25) is 4.99 Å². The van der Waals surface area contributed by atoms with Gasteiger partial charge in [0, 0.05) is 52.2 Å². The first-order valence-electron chi connectivity index (χ1n) is 10.7. The first kappa shape index (κ1) is 26.6. The summed E-state index contributed by atoms with van der Waals surface area (Å²) in [5, 5.41) is 3.43. The molecule has 32 heavy (non-hydrogen) atoms. The van der Waals surface area contributed by atoms with Crippen LogP contribution in [0.3, 0.4) is 0 Å². The number of hydrogen-bond donors (Lipinski definition) is 1. The lowest BCUT2D eigenvalue weighted by atomic mass is 9.93. The van der Waals surface area contributed by atoms with Crippen molar-refractivity contribution in [2.75, 3.05) is 27.2 Å². The summed E-state index contributed by atoms with van der Waals surface area (Å²) >= 11 is 0. The number of nitrogens with zero attached hydrogens (tertiary/aromatic N) is 5. The summed E-state index contributed by atoms with van der Waals surface area (Å²) in [7, 11) is -0.0647. The van der Waals surface area contributed by atoms with Crippen molar-refractivity contribution in [2.45, 2.75) is 50.7 Å². The number of piperidine rings is 1. The lowest BCUT2D eigenvalue weighted by Gasteiger charge is -2.39. The normalized spacial score (nSPS) is 19.8. The second-order valence-corrected chi connectivity index (χ2v) is 10.4. The lowest BCUT2D eigenvalue weighted by molar-refractivity contribution is 0.189. The van der Waals surface area contributed by atoms with Crippen LogP contribution >= 0.6 is 24.0 Å². The van der Waals surface area contributed by atoms with Crippen LogP contribution in [0.2, 0.25) is 0 Å². The number of sulfonamides is 1. The van der Waals surface area contributed by atoms with Crippen LogP contribution < -0.4 is 5.32 Å². The van der Waals surface area contributed by atoms with Crippen molar-refractivity contribution in [3.05, 3.63) is 48.5 Å². The van der Waals surface area contributed by atoms with Crippen molar-refractivity contribution in [1.29, 1.82) is 0 Å². The molecule has 1 N–H and O–H groups in total. The summed E-state index contributed by atoms with van der Waals surface area (Å²) in [6.07, 6.45) is 6.81. The topological polar surface area (TPSA) is 82.8 Å². The summed E-state index contributed by atoms with van der Waals surface area (Å²) in [6.45, 7) is 8.40. The molecule has 0 spiro atoms. The zero-order chi connectivity index (χ0) is 22.6. The number of hydrogen-bond acceptors (Lipinski definition) is 4. The van der Waals surface area contributed by atoms with Crippen LogP contribution in [-0.2, 0) is 16.6 Å². The molecule has 2 heterocycles. The van der Waals surface area contributed by atoms with E-state index in [0.29, 0.717) is 23.4 Å². The van der Waals surface area contributed by atoms with Gasteiger partial charge in [0.2, 0.25) is 10.0 Å². The summed E-state index contributed by atoms with van der Waals surface area (Å²) < 4.78 is 28.8. The SMILES string of the molecule is CN=C(NCc1ccc(S(=O)(=O)N(C)C(C)C)cc1)N1CCC(C)C(n2ccnc2)C1.I. The number of likely N-dealkylation sites (tertiary alicyclic amines) is 1. The van der Waals surface area contributed by atoms with Crippen molar-refractivity contribution >= 4 is 40.0 Å². The molecular weight excluding hydrogens is 539 g/mol. The molecule has 0 aliphatic carbocycles. The van der Waals surface area contributed by atoms with E-state index in [1.54, 1.807) is 26.2 Å². The van der Waals surface area contributed by atoms with Crippen molar-refractivity contribution in [3.8, 4) is 0 Å². The molecule has 3 rings (SSSR count). The monoisotopic (exact) mass is 574 g/mol. The maximum absolute atomic E-state index is 12.6. The smallest absolute Gasteiger partial charge is 0.243 e. The molecule has 1 aromatic carbocycles. The van der Waals surface area contributed by atoms with Crippen molar-refractivity contribution in [1.82, 2.24) is 24.1 Å². The third-order valence-electron chi connectivity index (χ3n) is 6.12. The fourth-order valence-electron chi connectivity index (χ4n) is 3.83. The molecule has 1 aromatic heterocycles. The molecule has 178 valence electrons. The Balaban J connectivity index is 0.00000363. The Morgan fingerprint density at radius 3 is 2.56 bits per heavy atom. The van der Waals surface area contributed by atoms with Gasteiger partial charge in [0.05, 0.1) is 17.3 Å². The van der Waals surface area contributed by atoms with Crippen molar-refractivity contribution in [2.24, 2.45) is 10.9 Å². The average Bonchev–Trinajstić information content (AvgIpc) is 3.29. The van der Waals surface area contributed by atoms with E-state index in [-0.39, 0.29) is 30.0 Å². The van der Waals surface area contributed by atoms with Gasteiger partial charge in [0.1, 0.15) is 0 Å². The summed E-state index contributed by atoms with van der Waals surface area (Å²) in [4.78, 5) is 11.3. The first-order valence-corrected chi connectivity index (χ1v) is 12.2. The molecule has 1 aliphatic rings. The van der Waals surface area contributed by atoms with Gasteiger partial charge in [-0.25, -0.2) is 13.4 Å². The second kappa shape index (κ2) is 11.5. The van der Waals surface area contributed by atoms with E-state index in [4.69, 9.17) is 0 Å². The molecule has 1 aliphatic heterocycles. The fourth-order valence-corrected chi connectivity index (χ4v) is 5.20. The Kier molecular flexibility index (Phi) is 9.53. The maximum Gasteiger partial charge on any atom is 0.243 e. The molecule has 1 saturated heterocycles. The minimum atomic E-state index is -3.47. The summed E-state index contributed by atoms with van der Waals surface area (Å²) in [5.41, 5.74) is 1.00. The molecule has 0 saturated carbocycles. The van der Waals surface area contributed by atoms with Gasteiger partial charge in [0.25, 0.3) is 0 Å². The Labute approximate surface area is 209 Å². The van der Waals surface area contributed by atoms with Crippen LogP contribution in [0.15, 0.2) is 52.9 Å². The number of guanidine groups is 1. The molecule has 0 radical (unpaired) electrons. The minimum Gasteiger partial charge on any atom is -0.352 e. The Morgan fingerprint density at radius 2 is 2.00 bits per heavy atom. The summed E-state index contributed by atoms with van der Waals surface area (Å²) in [6, 6.07) is 7.32. The average molecular weight is 575 g/mol.